The number of aliphatic hydroxyl groups excluding tert-OH is 1. The molecule has 0 bridgehead atoms. The number of hydrogen-bond donors (Lipinski definition) is 1. The molecule has 0 saturated carbocycles. The Morgan fingerprint density at radius 1 is 1.24 bits per heavy atom. The maximum absolute atomic E-state index is 9.28. The molecule has 1 atom stereocenters. The second-order valence-corrected chi connectivity index (χ2v) is 5.57. The van der Waals surface area contributed by atoms with Gasteiger partial charge in [0, 0.05) is 6.54 Å². The summed E-state index contributed by atoms with van der Waals surface area (Å²) in [5.74, 6) is 1.26. The zero-order valence-electron chi connectivity index (χ0n) is 12.9. The molecule has 0 amide bonds. The van der Waals surface area contributed by atoms with Gasteiger partial charge in [-0.1, -0.05) is 24.3 Å². The van der Waals surface area contributed by atoms with Crippen LogP contribution in [-0.4, -0.2) is 39.9 Å². The third kappa shape index (κ3) is 4.95. The Kier molecular flexibility index (Phi) is 5.47. The Bertz CT molecular complexity index is 566. The van der Waals surface area contributed by atoms with E-state index >= 15 is 0 Å². The highest BCUT2D eigenvalue weighted by molar-refractivity contribution is 5.27. The molecule has 21 heavy (non-hydrogen) atoms. The number of aromatic nitrogens is 2. The predicted molar refractivity (Wildman–Crippen MR) is 80.9 cm³/mol. The van der Waals surface area contributed by atoms with Crippen LogP contribution < -0.4 is 0 Å². The fourth-order valence-electron chi connectivity index (χ4n) is 2.11. The van der Waals surface area contributed by atoms with Crippen LogP contribution in [0.1, 0.15) is 36.3 Å². The van der Waals surface area contributed by atoms with Gasteiger partial charge in [-0.2, -0.15) is 0 Å². The highest BCUT2D eigenvalue weighted by Crippen LogP contribution is 2.13. The Hall–Kier alpha value is -1.72. The minimum Gasteiger partial charge on any atom is -0.424 e. The molecule has 0 aliphatic carbocycles. The number of benzene rings is 1. The molecule has 1 aromatic carbocycles. The van der Waals surface area contributed by atoms with E-state index in [0.29, 0.717) is 24.7 Å². The Labute approximate surface area is 125 Å². The van der Waals surface area contributed by atoms with E-state index in [2.05, 4.69) is 34.2 Å². The van der Waals surface area contributed by atoms with Crippen LogP contribution in [0.25, 0.3) is 0 Å². The van der Waals surface area contributed by atoms with Crippen molar-refractivity contribution in [1.29, 1.82) is 0 Å². The van der Waals surface area contributed by atoms with E-state index in [0.717, 1.165) is 13.0 Å². The summed E-state index contributed by atoms with van der Waals surface area (Å²) in [7, 11) is 1.98. The lowest BCUT2D eigenvalue weighted by molar-refractivity contribution is 0.159. The topological polar surface area (TPSA) is 62.4 Å². The van der Waals surface area contributed by atoms with E-state index < -0.39 is 0 Å². The number of aliphatic hydroxyl groups is 1. The lowest BCUT2D eigenvalue weighted by Gasteiger charge is -2.14. The molecule has 114 valence electrons. The zero-order chi connectivity index (χ0) is 15.2. The van der Waals surface area contributed by atoms with E-state index in [1.807, 2.05) is 19.2 Å². The molecular weight excluding hydrogens is 266 g/mol. The van der Waals surface area contributed by atoms with Gasteiger partial charge in [-0.15, -0.1) is 10.2 Å². The number of aryl methyl sites for hydroxylation is 1. The molecule has 0 saturated heterocycles. The second kappa shape index (κ2) is 7.33. The standard InChI is InChI=1S/C16H23N3O2/c1-12-6-4-5-7-14(12)10-15-17-18-16(21-15)11-19(3)9-8-13(2)20/h4-7,13,20H,8-11H2,1-3H3. The van der Waals surface area contributed by atoms with Crippen molar-refractivity contribution in [2.24, 2.45) is 0 Å². The van der Waals surface area contributed by atoms with Crippen LogP contribution in [0.15, 0.2) is 28.7 Å². The molecule has 2 rings (SSSR count). The maximum atomic E-state index is 9.28. The van der Waals surface area contributed by atoms with Gasteiger partial charge >= 0.3 is 0 Å². The van der Waals surface area contributed by atoms with Crippen molar-refractivity contribution in [3.63, 3.8) is 0 Å². The maximum Gasteiger partial charge on any atom is 0.230 e. The highest BCUT2D eigenvalue weighted by Gasteiger charge is 2.10. The number of hydrogen-bond acceptors (Lipinski definition) is 5. The van der Waals surface area contributed by atoms with Crippen molar-refractivity contribution in [1.82, 2.24) is 15.1 Å². The molecule has 1 heterocycles. The molecule has 0 fully saturated rings. The summed E-state index contributed by atoms with van der Waals surface area (Å²) in [6, 6.07) is 8.20. The quantitative estimate of drug-likeness (QED) is 0.846. The summed E-state index contributed by atoms with van der Waals surface area (Å²) in [5, 5.41) is 17.5. The first-order chi connectivity index (χ1) is 10.0. The largest absolute Gasteiger partial charge is 0.424 e. The first-order valence-corrected chi connectivity index (χ1v) is 7.27. The van der Waals surface area contributed by atoms with Gasteiger partial charge in [0.1, 0.15) is 0 Å². The first-order valence-electron chi connectivity index (χ1n) is 7.27. The minimum atomic E-state index is -0.285. The monoisotopic (exact) mass is 289 g/mol. The van der Waals surface area contributed by atoms with Gasteiger partial charge in [0.25, 0.3) is 0 Å². The highest BCUT2D eigenvalue weighted by atomic mass is 16.4. The molecule has 5 nitrogen and oxygen atoms in total. The van der Waals surface area contributed by atoms with Crippen molar-refractivity contribution in [2.75, 3.05) is 13.6 Å². The summed E-state index contributed by atoms with van der Waals surface area (Å²) >= 11 is 0. The molecule has 0 aliphatic heterocycles. The third-order valence-corrected chi connectivity index (χ3v) is 3.45. The van der Waals surface area contributed by atoms with Gasteiger partial charge in [-0.05, 0) is 38.4 Å². The molecule has 1 aromatic heterocycles. The lowest BCUT2D eigenvalue weighted by atomic mass is 10.1. The van der Waals surface area contributed by atoms with Gasteiger partial charge in [0.05, 0.1) is 19.1 Å². The summed E-state index contributed by atoms with van der Waals surface area (Å²) in [5.41, 5.74) is 2.43. The van der Waals surface area contributed by atoms with Crippen LogP contribution in [0, 0.1) is 6.92 Å². The molecule has 2 aromatic rings. The van der Waals surface area contributed by atoms with Gasteiger partial charge in [0.15, 0.2) is 0 Å². The minimum absolute atomic E-state index is 0.285. The van der Waals surface area contributed by atoms with Crippen LogP contribution in [0.4, 0.5) is 0 Å². The molecule has 1 unspecified atom stereocenters. The van der Waals surface area contributed by atoms with E-state index in [-0.39, 0.29) is 6.10 Å². The third-order valence-electron chi connectivity index (χ3n) is 3.45. The number of rotatable bonds is 7. The van der Waals surface area contributed by atoms with Crippen LogP contribution in [0.3, 0.4) is 0 Å². The van der Waals surface area contributed by atoms with Crippen LogP contribution in [0.5, 0.6) is 0 Å². The number of nitrogens with zero attached hydrogens (tertiary/aromatic N) is 3. The molecular formula is C16H23N3O2. The van der Waals surface area contributed by atoms with Gasteiger partial charge in [0.2, 0.25) is 11.8 Å². The average molecular weight is 289 g/mol. The van der Waals surface area contributed by atoms with Crippen molar-refractivity contribution in [3.8, 4) is 0 Å². The van der Waals surface area contributed by atoms with Gasteiger partial charge < -0.3 is 9.52 Å². The fraction of sp³-hybridized carbons (Fsp3) is 0.500. The lowest BCUT2D eigenvalue weighted by Crippen LogP contribution is -2.22. The van der Waals surface area contributed by atoms with E-state index in [1.165, 1.54) is 11.1 Å². The second-order valence-electron chi connectivity index (χ2n) is 5.57. The Balaban J connectivity index is 1.91. The van der Waals surface area contributed by atoms with Crippen LogP contribution in [-0.2, 0) is 13.0 Å². The van der Waals surface area contributed by atoms with Crippen LogP contribution >= 0.6 is 0 Å². The van der Waals surface area contributed by atoms with Crippen LogP contribution in [0.2, 0.25) is 0 Å². The van der Waals surface area contributed by atoms with Crippen molar-refractivity contribution in [3.05, 3.63) is 47.2 Å². The molecule has 0 radical (unpaired) electrons. The molecule has 0 aliphatic rings. The average Bonchev–Trinajstić information content (AvgIpc) is 2.86. The Morgan fingerprint density at radius 3 is 2.67 bits per heavy atom. The van der Waals surface area contributed by atoms with E-state index in [9.17, 15) is 5.11 Å². The molecule has 5 heteroatoms. The zero-order valence-corrected chi connectivity index (χ0v) is 12.9. The van der Waals surface area contributed by atoms with Crippen molar-refractivity contribution >= 4 is 0 Å². The summed E-state index contributed by atoms with van der Waals surface area (Å²) in [6.45, 7) is 5.28. The molecule has 1 N–H and O–H groups in total. The summed E-state index contributed by atoms with van der Waals surface area (Å²) in [6.07, 6.45) is 1.12. The smallest absolute Gasteiger partial charge is 0.230 e. The molecule has 0 spiro atoms. The normalized spacial score (nSPS) is 12.8. The summed E-state index contributed by atoms with van der Waals surface area (Å²) in [4.78, 5) is 2.07. The van der Waals surface area contributed by atoms with Gasteiger partial charge in [-0.25, -0.2) is 0 Å². The van der Waals surface area contributed by atoms with Crippen molar-refractivity contribution in [2.45, 2.75) is 39.3 Å². The first kappa shape index (κ1) is 15.7. The summed E-state index contributed by atoms with van der Waals surface area (Å²) < 4.78 is 5.69. The fourth-order valence-corrected chi connectivity index (χ4v) is 2.11. The van der Waals surface area contributed by atoms with E-state index in [1.54, 1.807) is 6.92 Å². The SMILES string of the molecule is Cc1ccccc1Cc1nnc(CN(C)CCC(C)O)o1. The van der Waals surface area contributed by atoms with Gasteiger partial charge in [-0.3, -0.25) is 4.90 Å². The van der Waals surface area contributed by atoms with E-state index in [4.69, 9.17) is 4.42 Å². The van der Waals surface area contributed by atoms with Crippen molar-refractivity contribution < 1.29 is 9.52 Å². The Morgan fingerprint density at radius 2 is 1.95 bits per heavy atom. The predicted octanol–water partition coefficient (Wildman–Crippen LogP) is 2.17.